The fourth-order valence-corrected chi connectivity index (χ4v) is 2.83. The van der Waals surface area contributed by atoms with E-state index < -0.39 is 10.8 Å². The fraction of sp³-hybridized carbons (Fsp3) is 0.190. The van der Waals surface area contributed by atoms with E-state index in [9.17, 15) is 14.9 Å². The number of aryl methyl sites for hydroxylation is 2. The van der Waals surface area contributed by atoms with Crippen molar-refractivity contribution < 1.29 is 23.6 Å². The predicted molar refractivity (Wildman–Crippen MR) is 107 cm³/mol. The first-order chi connectivity index (χ1) is 13.9. The van der Waals surface area contributed by atoms with Crippen molar-refractivity contribution in [1.82, 2.24) is 0 Å². The zero-order valence-corrected chi connectivity index (χ0v) is 16.2. The Labute approximate surface area is 167 Å². The number of carbonyl (C=O) groups is 1. The predicted octanol–water partition coefficient (Wildman–Crippen LogP) is 4.64. The number of hydrogen-bond acceptors (Lipinski definition) is 6. The summed E-state index contributed by atoms with van der Waals surface area (Å²) in [5.41, 5.74) is 2.19. The molecule has 0 unspecified atom stereocenters. The number of ether oxygens (including phenoxy) is 2. The van der Waals surface area contributed by atoms with Crippen LogP contribution in [-0.2, 0) is 6.61 Å². The lowest BCUT2D eigenvalue weighted by Crippen LogP contribution is -2.12. The van der Waals surface area contributed by atoms with Crippen LogP contribution < -0.4 is 14.8 Å². The van der Waals surface area contributed by atoms with Crippen LogP contribution in [0.25, 0.3) is 0 Å². The lowest BCUT2D eigenvalue weighted by molar-refractivity contribution is -0.384. The standard InChI is InChI=1S/C21H20N2O6/c1-13-5-4-6-14(2)20(13)28-12-16-8-10-18(29-16)21(24)22-17-9-7-15(23(25)26)11-19(17)27-3/h4-11H,12H2,1-3H3,(H,22,24). The number of para-hydroxylation sites is 1. The van der Waals surface area contributed by atoms with Crippen LogP contribution in [0.1, 0.15) is 27.4 Å². The number of nitrogens with one attached hydrogen (secondary N) is 1. The molecule has 0 spiro atoms. The Morgan fingerprint density at radius 1 is 1.14 bits per heavy atom. The second-order valence-electron chi connectivity index (χ2n) is 6.37. The molecular weight excluding hydrogens is 376 g/mol. The molecule has 1 amide bonds. The van der Waals surface area contributed by atoms with Crippen molar-refractivity contribution in [2.75, 3.05) is 12.4 Å². The molecule has 0 aliphatic carbocycles. The Kier molecular flexibility index (Phi) is 5.82. The number of non-ortho nitro benzene ring substituents is 1. The van der Waals surface area contributed by atoms with Crippen molar-refractivity contribution in [3.63, 3.8) is 0 Å². The van der Waals surface area contributed by atoms with Crippen LogP contribution in [-0.4, -0.2) is 17.9 Å². The molecule has 2 aromatic carbocycles. The lowest BCUT2D eigenvalue weighted by atomic mass is 10.1. The first-order valence-electron chi connectivity index (χ1n) is 8.80. The second kappa shape index (κ2) is 8.47. The number of amides is 1. The van der Waals surface area contributed by atoms with Crippen LogP contribution in [0.5, 0.6) is 11.5 Å². The number of rotatable bonds is 7. The van der Waals surface area contributed by atoms with E-state index in [0.29, 0.717) is 11.4 Å². The number of anilines is 1. The van der Waals surface area contributed by atoms with Gasteiger partial charge in [0, 0.05) is 6.07 Å². The molecule has 0 saturated heterocycles. The van der Waals surface area contributed by atoms with Crippen molar-refractivity contribution in [2.45, 2.75) is 20.5 Å². The summed E-state index contributed by atoms with van der Waals surface area (Å²) < 4.78 is 16.5. The van der Waals surface area contributed by atoms with Gasteiger partial charge in [-0.3, -0.25) is 14.9 Å². The number of nitro benzene ring substituents is 1. The summed E-state index contributed by atoms with van der Waals surface area (Å²) in [4.78, 5) is 22.8. The quantitative estimate of drug-likeness (QED) is 0.461. The Morgan fingerprint density at radius 3 is 2.52 bits per heavy atom. The average Bonchev–Trinajstić information content (AvgIpc) is 3.17. The molecule has 0 aliphatic heterocycles. The van der Waals surface area contributed by atoms with Gasteiger partial charge in [0.05, 0.1) is 23.8 Å². The van der Waals surface area contributed by atoms with Crippen LogP contribution >= 0.6 is 0 Å². The zero-order chi connectivity index (χ0) is 21.0. The van der Waals surface area contributed by atoms with Gasteiger partial charge in [0.1, 0.15) is 23.9 Å². The molecule has 0 saturated carbocycles. The van der Waals surface area contributed by atoms with E-state index in [1.54, 1.807) is 6.07 Å². The Bertz CT molecular complexity index is 1040. The van der Waals surface area contributed by atoms with Crippen molar-refractivity contribution in [2.24, 2.45) is 0 Å². The molecule has 8 heteroatoms. The molecule has 0 aliphatic rings. The van der Waals surface area contributed by atoms with Crippen molar-refractivity contribution in [3.8, 4) is 11.5 Å². The van der Waals surface area contributed by atoms with Crippen molar-refractivity contribution >= 4 is 17.3 Å². The number of benzene rings is 2. The van der Waals surface area contributed by atoms with Gasteiger partial charge < -0.3 is 19.2 Å². The molecule has 150 valence electrons. The number of nitrogens with zero attached hydrogens (tertiary/aromatic N) is 1. The molecule has 0 atom stereocenters. The van der Waals surface area contributed by atoms with Gasteiger partial charge in [0.15, 0.2) is 5.76 Å². The van der Waals surface area contributed by atoms with E-state index in [1.807, 2.05) is 32.0 Å². The fourth-order valence-electron chi connectivity index (χ4n) is 2.83. The topological polar surface area (TPSA) is 104 Å². The average molecular weight is 396 g/mol. The molecule has 0 radical (unpaired) electrons. The minimum atomic E-state index is -0.539. The molecule has 0 fully saturated rings. The maximum atomic E-state index is 12.5. The number of carbonyl (C=O) groups excluding carboxylic acids is 1. The minimum absolute atomic E-state index is 0.0884. The van der Waals surface area contributed by atoms with Crippen LogP contribution in [0.15, 0.2) is 52.9 Å². The summed E-state index contributed by atoms with van der Waals surface area (Å²) in [5.74, 6) is 1.04. The van der Waals surface area contributed by atoms with Crippen molar-refractivity contribution in [1.29, 1.82) is 0 Å². The molecule has 8 nitrogen and oxygen atoms in total. The normalized spacial score (nSPS) is 10.4. The minimum Gasteiger partial charge on any atom is -0.494 e. The zero-order valence-electron chi connectivity index (χ0n) is 16.2. The third-order valence-corrected chi connectivity index (χ3v) is 4.30. The summed E-state index contributed by atoms with van der Waals surface area (Å²) in [6.45, 7) is 4.10. The van der Waals surface area contributed by atoms with Gasteiger partial charge in [0.2, 0.25) is 0 Å². The highest BCUT2D eigenvalue weighted by molar-refractivity contribution is 6.03. The van der Waals surface area contributed by atoms with E-state index in [4.69, 9.17) is 13.9 Å². The van der Waals surface area contributed by atoms with E-state index in [2.05, 4.69) is 5.32 Å². The number of hydrogen-bond donors (Lipinski definition) is 1. The summed E-state index contributed by atoms with van der Waals surface area (Å²) in [7, 11) is 1.37. The summed E-state index contributed by atoms with van der Waals surface area (Å²) in [5, 5.41) is 13.5. The molecule has 3 aromatic rings. The van der Waals surface area contributed by atoms with Gasteiger partial charge in [-0.2, -0.15) is 0 Å². The van der Waals surface area contributed by atoms with Crippen molar-refractivity contribution in [3.05, 3.63) is 81.3 Å². The summed E-state index contributed by atoms with van der Waals surface area (Å²) in [6.07, 6.45) is 0. The SMILES string of the molecule is COc1cc([N+](=O)[O-])ccc1NC(=O)c1ccc(COc2c(C)cccc2C)o1. The Balaban J connectivity index is 1.69. The Morgan fingerprint density at radius 2 is 1.86 bits per heavy atom. The van der Waals surface area contributed by atoms with Gasteiger partial charge in [0.25, 0.3) is 11.6 Å². The maximum absolute atomic E-state index is 12.5. The third-order valence-electron chi connectivity index (χ3n) is 4.30. The number of furan rings is 1. The van der Waals surface area contributed by atoms with Gasteiger partial charge in [-0.15, -0.1) is 0 Å². The van der Waals surface area contributed by atoms with Gasteiger partial charge in [-0.1, -0.05) is 18.2 Å². The van der Waals surface area contributed by atoms with Crippen LogP contribution in [0.2, 0.25) is 0 Å². The van der Waals surface area contributed by atoms with Crippen LogP contribution in [0.3, 0.4) is 0 Å². The molecule has 0 bridgehead atoms. The first kappa shape index (κ1) is 19.9. The highest BCUT2D eigenvalue weighted by atomic mass is 16.6. The maximum Gasteiger partial charge on any atom is 0.291 e. The summed E-state index contributed by atoms with van der Waals surface area (Å²) >= 11 is 0. The van der Waals surface area contributed by atoms with Gasteiger partial charge in [-0.05, 0) is 43.2 Å². The smallest absolute Gasteiger partial charge is 0.291 e. The first-order valence-corrected chi connectivity index (χ1v) is 8.80. The molecule has 1 aromatic heterocycles. The number of nitro groups is 1. The highest BCUT2D eigenvalue weighted by Gasteiger charge is 2.17. The van der Waals surface area contributed by atoms with E-state index in [0.717, 1.165) is 16.9 Å². The van der Waals surface area contributed by atoms with E-state index in [-0.39, 0.29) is 23.8 Å². The molecular formula is C21H20N2O6. The highest BCUT2D eigenvalue weighted by Crippen LogP contribution is 2.29. The molecule has 3 rings (SSSR count). The second-order valence-corrected chi connectivity index (χ2v) is 6.37. The van der Waals surface area contributed by atoms with E-state index in [1.165, 1.54) is 31.4 Å². The van der Waals surface area contributed by atoms with E-state index >= 15 is 0 Å². The molecule has 1 heterocycles. The Hall–Kier alpha value is -3.81. The monoisotopic (exact) mass is 396 g/mol. The largest absolute Gasteiger partial charge is 0.494 e. The molecule has 1 N–H and O–H groups in total. The number of methoxy groups -OCH3 is 1. The lowest BCUT2D eigenvalue weighted by Gasteiger charge is -2.10. The van der Waals surface area contributed by atoms with Crippen LogP contribution in [0.4, 0.5) is 11.4 Å². The van der Waals surface area contributed by atoms with Gasteiger partial charge in [-0.25, -0.2) is 0 Å². The summed E-state index contributed by atoms with van der Waals surface area (Å²) in [6, 6.07) is 13.0. The van der Waals surface area contributed by atoms with Crippen LogP contribution in [0, 0.1) is 24.0 Å². The van der Waals surface area contributed by atoms with Gasteiger partial charge >= 0.3 is 0 Å². The third kappa shape index (κ3) is 4.55. The molecule has 29 heavy (non-hydrogen) atoms.